The van der Waals surface area contributed by atoms with E-state index in [0.717, 1.165) is 19.3 Å². The first-order valence-corrected chi connectivity index (χ1v) is 6.83. The average molecular weight is 245 g/mol. The van der Waals surface area contributed by atoms with E-state index in [9.17, 15) is 4.79 Å². The van der Waals surface area contributed by atoms with Gasteiger partial charge < -0.3 is 10.1 Å². The zero-order valence-electron chi connectivity index (χ0n) is 10.5. The standard InChI is InChI=1S/C15H19NO2/c17-15(10-16-12-8-9-12)18-14-7-3-5-11-4-1-2-6-13(11)14/h1-2,4,6,12,14,16H,3,5,7-10H2. The Morgan fingerprint density at radius 3 is 2.94 bits per heavy atom. The van der Waals surface area contributed by atoms with Crippen LogP contribution in [0, 0.1) is 0 Å². The van der Waals surface area contributed by atoms with E-state index in [-0.39, 0.29) is 12.1 Å². The van der Waals surface area contributed by atoms with E-state index in [1.807, 2.05) is 6.07 Å². The van der Waals surface area contributed by atoms with Gasteiger partial charge in [0.15, 0.2) is 0 Å². The number of hydrogen-bond acceptors (Lipinski definition) is 3. The second-order valence-corrected chi connectivity index (χ2v) is 5.22. The fourth-order valence-corrected chi connectivity index (χ4v) is 2.55. The largest absolute Gasteiger partial charge is 0.457 e. The van der Waals surface area contributed by atoms with Crippen LogP contribution in [0.15, 0.2) is 24.3 Å². The Hall–Kier alpha value is -1.35. The molecule has 3 nitrogen and oxygen atoms in total. The molecule has 0 aromatic heterocycles. The maximum absolute atomic E-state index is 11.8. The first kappa shape index (κ1) is 11.7. The van der Waals surface area contributed by atoms with Gasteiger partial charge in [0.1, 0.15) is 6.10 Å². The number of benzene rings is 1. The molecular weight excluding hydrogens is 226 g/mol. The van der Waals surface area contributed by atoms with Gasteiger partial charge in [0.05, 0.1) is 6.54 Å². The van der Waals surface area contributed by atoms with Crippen molar-refractivity contribution in [2.45, 2.75) is 44.2 Å². The molecule has 1 fully saturated rings. The molecule has 0 spiro atoms. The van der Waals surface area contributed by atoms with Crippen molar-refractivity contribution in [3.8, 4) is 0 Å². The summed E-state index contributed by atoms with van der Waals surface area (Å²) in [5, 5.41) is 3.20. The highest BCUT2D eigenvalue weighted by Crippen LogP contribution is 2.32. The molecule has 1 atom stereocenters. The second-order valence-electron chi connectivity index (χ2n) is 5.22. The van der Waals surface area contributed by atoms with Crippen molar-refractivity contribution in [2.24, 2.45) is 0 Å². The molecule has 0 amide bonds. The number of aryl methyl sites for hydroxylation is 1. The van der Waals surface area contributed by atoms with Crippen LogP contribution < -0.4 is 5.32 Å². The van der Waals surface area contributed by atoms with Crippen molar-refractivity contribution >= 4 is 5.97 Å². The Kier molecular flexibility index (Phi) is 3.33. The van der Waals surface area contributed by atoms with Gasteiger partial charge in [0, 0.05) is 6.04 Å². The molecule has 2 aliphatic carbocycles. The maximum atomic E-state index is 11.8. The van der Waals surface area contributed by atoms with E-state index < -0.39 is 0 Å². The van der Waals surface area contributed by atoms with E-state index in [0.29, 0.717) is 12.6 Å². The van der Waals surface area contributed by atoms with Crippen LogP contribution >= 0.6 is 0 Å². The zero-order valence-corrected chi connectivity index (χ0v) is 10.5. The third kappa shape index (κ3) is 2.72. The normalized spacial score (nSPS) is 22.3. The Bertz CT molecular complexity index is 440. The molecule has 1 unspecified atom stereocenters. The number of ether oxygens (including phenoxy) is 1. The van der Waals surface area contributed by atoms with E-state index in [1.165, 1.54) is 24.0 Å². The highest BCUT2D eigenvalue weighted by atomic mass is 16.5. The third-order valence-corrected chi connectivity index (χ3v) is 3.70. The van der Waals surface area contributed by atoms with E-state index in [4.69, 9.17) is 4.74 Å². The van der Waals surface area contributed by atoms with Crippen LogP contribution in [0.3, 0.4) is 0 Å². The molecule has 1 aromatic carbocycles. The summed E-state index contributed by atoms with van der Waals surface area (Å²) in [6, 6.07) is 8.85. The Balaban J connectivity index is 1.60. The summed E-state index contributed by atoms with van der Waals surface area (Å²) in [6.45, 7) is 0.351. The van der Waals surface area contributed by atoms with Gasteiger partial charge in [-0.25, -0.2) is 0 Å². The molecule has 18 heavy (non-hydrogen) atoms. The smallest absolute Gasteiger partial charge is 0.320 e. The molecule has 1 aromatic rings. The molecule has 1 N–H and O–H groups in total. The summed E-state index contributed by atoms with van der Waals surface area (Å²) in [4.78, 5) is 11.8. The minimum atomic E-state index is -0.122. The van der Waals surface area contributed by atoms with Crippen LogP contribution in [0.25, 0.3) is 0 Å². The van der Waals surface area contributed by atoms with Gasteiger partial charge in [-0.05, 0) is 43.2 Å². The fraction of sp³-hybridized carbons (Fsp3) is 0.533. The average Bonchev–Trinajstić information content (AvgIpc) is 3.21. The van der Waals surface area contributed by atoms with Crippen LogP contribution in [0.2, 0.25) is 0 Å². The van der Waals surface area contributed by atoms with E-state index >= 15 is 0 Å². The van der Waals surface area contributed by atoms with Crippen molar-refractivity contribution in [1.82, 2.24) is 5.32 Å². The highest BCUT2D eigenvalue weighted by Gasteiger charge is 2.25. The van der Waals surface area contributed by atoms with Crippen molar-refractivity contribution in [3.05, 3.63) is 35.4 Å². The topological polar surface area (TPSA) is 38.3 Å². The second kappa shape index (κ2) is 5.11. The van der Waals surface area contributed by atoms with Gasteiger partial charge in [0.2, 0.25) is 0 Å². The minimum absolute atomic E-state index is 0.0385. The van der Waals surface area contributed by atoms with Crippen LogP contribution in [0.1, 0.15) is 42.9 Å². The fourth-order valence-electron chi connectivity index (χ4n) is 2.55. The summed E-state index contributed by atoms with van der Waals surface area (Å²) in [5.41, 5.74) is 2.53. The Labute approximate surface area is 108 Å². The van der Waals surface area contributed by atoms with Crippen LogP contribution in [0.5, 0.6) is 0 Å². The number of fused-ring (bicyclic) bond motifs is 1. The molecule has 0 bridgehead atoms. The SMILES string of the molecule is O=C(CNC1CC1)OC1CCCc2ccccc21. The van der Waals surface area contributed by atoms with Gasteiger partial charge >= 0.3 is 5.97 Å². The lowest BCUT2D eigenvalue weighted by molar-refractivity contribution is -0.149. The first-order chi connectivity index (χ1) is 8.83. The number of nitrogens with one attached hydrogen (secondary N) is 1. The molecule has 3 rings (SSSR count). The molecule has 1 saturated carbocycles. The van der Waals surface area contributed by atoms with Gasteiger partial charge in [-0.15, -0.1) is 0 Å². The first-order valence-electron chi connectivity index (χ1n) is 6.83. The number of carbonyl (C=O) groups excluding carboxylic acids is 1. The van der Waals surface area contributed by atoms with Crippen LogP contribution in [-0.2, 0) is 16.0 Å². The predicted octanol–water partition coefficient (Wildman–Crippen LogP) is 2.36. The molecule has 3 heteroatoms. The number of rotatable bonds is 4. The Morgan fingerprint density at radius 2 is 2.11 bits per heavy atom. The number of carbonyl (C=O) groups is 1. The number of esters is 1. The van der Waals surface area contributed by atoms with Gasteiger partial charge in [-0.2, -0.15) is 0 Å². The molecule has 0 radical (unpaired) electrons. The molecule has 96 valence electrons. The molecular formula is C15H19NO2. The van der Waals surface area contributed by atoms with Gasteiger partial charge in [-0.1, -0.05) is 24.3 Å². The quantitative estimate of drug-likeness (QED) is 0.828. The Morgan fingerprint density at radius 1 is 1.28 bits per heavy atom. The predicted molar refractivity (Wildman–Crippen MR) is 69.2 cm³/mol. The van der Waals surface area contributed by atoms with Gasteiger partial charge in [-0.3, -0.25) is 4.79 Å². The summed E-state index contributed by atoms with van der Waals surface area (Å²) in [7, 11) is 0. The summed E-state index contributed by atoms with van der Waals surface area (Å²) in [5.74, 6) is -0.122. The minimum Gasteiger partial charge on any atom is -0.457 e. The lowest BCUT2D eigenvalue weighted by Crippen LogP contribution is -2.28. The summed E-state index contributed by atoms with van der Waals surface area (Å²) >= 11 is 0. The lowest BCUT2D eigenvalue weighted by Gasteiger charge is -2.25. The molecule has 0 heterocycles. The van der Waals surface area contributed by atoms with E-state index in [2.05, 4.69) is 23.5 Å². The van der Waals surface area contributed by atoms with Crippen molar-refractivity contribution in [2.75, 3.05) is 6.54 Å². The molecule has 0 saturated heterocycles. The van der Waals surface area contributed by atoms with Crippen molar-refractivity contribution in [1.29, 1.82) is 0 Å². The monoisotopic (exact) mass is 245 g/mol. The number of hydrogen-bond donors (Lipinski definition) is 1. The van der Waals surface area contributed by atoms with Crippen molar-refractivity contribution in [3.63, 3.8) is 0 Å². The summed E-state index contributed by atoms with van der Waals surface area (Å²) in [6.07, 6.45) is 5.50. The highest BCUT2D eigenvalue weighted by molar-refractivity contribution is 5.72. The third-order valence-electron chi connectivity index (χ3n) is 3.70. The zero-order chi connectivity index (χ0) is 12.4. The van der Waals surface area contributed by atoms with Crippen LogP contribution in [0.4, 0.5) is 0 Å². The lowest BCUT2D eigenvalue weighted by atomic mass is 9.89. The van der Waals surface area contributed by atoms with Crippen LogP contribution in [-0.4, -0.2) is 18.6 Å². The van der Waals surface area contributed by atoms with Gasteiger partial charge in [0.25, 0.3) is 0 Å². The van der Waals surface area contributed by atoms with Crippen molar-refractivity contribution < 1.29 is 9.53 Å². The molecule has 0 aliphatic heterocycles. The molecule has 2 aliphatic rings. The maximum Gasteiger partial charge on any atom is 0.320 e. The summed E-state index contributed by atoms with van der Waals surface area (Å²) < 4.78 is 5.59. The van der Waals surface area contributed by atoms with E-state index in [1.54, 1.807) is 0 Å².